The van der Waals surface area contributed by atoms with Gasteiger partial charge in [0.15, 0.2) is 5.82 Å². The lowest BCUT2D eigenvalue weighted by molar-refractivity contribution is -0.135. The van der Waals surface area contributed by atoms with Gasteiger partial charge in [-0.3, -0.25) is 9.59 Å². The Kier molecular flexibility index (Phi) is 6.33. The van der Waals surface area contributed by atoms with E-state index in [4.69, 9.17) is 4.52 Å². The zero-order chi connectivity index (χ0) is 18.4. The second-order valence-corrected chi connectivity index (χ2v) is 6.34. The third kappa shape index (κ3) is 4.92. The summed E-state index contributed by atoms with van der Waals surface area (Å²) in [6.07, 6.45) is 0.879. The summed E-state index contributed by atoms with van der Waals surface area (Å²) < 4.78 is 4.91. The van der Waals surface area contributed by atoms with Crippen molar-refractivity contribution in [1.29, 1.82) is 0 Å². The molecule has 134 valence electrons. The van der Waals surface area contributed by atoms with Crippen molar-refractivity contribution in [1.82, 2.24) is 10.1 Å². The first-order valence-corrected chi connectivity index (χ1v) is 8.45. The highest BCUT2D eigenvalue weighted by Gasteiger charge is 2.29. The minimum Gasteiger partial charge on any atom is -0.360 e. The van der Waals surface area contributed by atoms with Crippen LogP contribution in [0.3, 0.4) is 0 Å². The van der Waals surface area contributed by atoms with Crippen molar-refractivity contribution in [2.75, 3.05) is 18.9 Å². The number of nitrogens with zero attached hydrogens (tertiary/aromatic N) is 2. The molecule has 0 saturated carbocycles. The third-order valence-corrected chi connectivity index (χ3v) is 4.29. The first kappa shape index (κ1) is 18.7. The number of amides is 2. The topological polar surface area (TPSA) is 75.4 Å². The van der Waals surface area contributed by atoms with Crippen molar-refractivity contribution in [2.45, 2.75) is 33.1 Å². The molecule has 1 aromatic carbocycles. The molecule has 0 spiro atoms. The fourth-order valence-electron chi connectivity index (χ4n) is 2.75. The van der Waals surface area contributed by atoms with E-state index in [1.807, 2.05) is 30.3 Å². The molecular weight excluding hydrogens is 318 g/mol. The van der Waals surface area contributed by atoms with Crippen molar-refractivity contribution in [3.05, 3.63) is 47.7 Å². The maximum atomic E-state index is 12.9. The van der Waals surface area contributed by atoms with Crippen LogP contribution in [0.4, 0.5) is 5.82 Å². The van der Waals surface area contributed by atoms with Crippen molar-refractivity contribution in [2.24, 2.45) is 5.92 Å². The normalized spacial score (nSPS) is 13.1. The van der Waals surface area contributed by atoms with Gasteiger partial charge in [-0.15, -0.1) is 0 Å². The van der Waals surface area contributed by atoms with Gasteiger partial charge in [0.1, 0.15) is 5.76 Å². The molecule has 0 radical (unpaired) electrons. The number of likely N-dealkylation sites (N-methyl/N-ethyl adjacent to an activating group) is 1. The number of hydrogen-bond donors (Lipinski definition) is 1. The fraction of sp³-hybridized carbons (Fsp3) is 0.421. The summed E-state index contributed by atoms with van der Waals surface area (Å²) in [6.45, 7) is 5.83. The predicted octanol–water partition coefficient (Wildman–Crippen LogP) is 3.21. The average Bonchev–Trinajstić information content (AvgIpc) is 3.00. The quantitative estimate of drug-likeness (QED) is 0.837. The smallest absolute Gasteiger partial charge is 0.245 e. The molecule has 0 bridgehead atoms. The maximum Gasteiger partial charge on any atom is 0.245 e. The van der Waals surface area contributed by atoms with Crippen molar-refractivity contribution in [3.8, 4) is 0 Å². The van der Waals surface area contributed by atoms with Gasteiger partial charge >= 0.3 is 0 Å². The Bertz CT molecular complexity index is 712. The number of hydrogen-bond acceptors (Lipinski definition) is 4. The van der Waals surface area contributed by atoms with Crippen LogP contribution in [0.5, 0.6) is 0 Å². The van der Waals surface area contributed by atoms with E-state index in [-0.39, 0.29) is 30.2 Å². The van der Waals surface area contributed by atoms with Gasteiger partial charge in [0.25, 0.3) is 0 Å². The third-order valence-electron chi connectivity index (χ3n) is 4.29. The molecule has 0 aliphatic rings. The SMILES string of the molecule is CCC(C)C(C(=O)N(C)CC(=O)Nc1cc(C)on1)c1ccccc1. The predicted molar refractivity (Wildman–Crippen MR) is 96.1 cm³/mol. The monoisotopic (exact) mass is 343 g/mol. The van der Waals surface area contributed by atoms with Crippen LogP contribution in [0.25, 0.3) is 0 Å². The van der Waals surface area contributed by atoms with Crippen LogP contribution < -0.4 is 5.32 Å². The molecule has 0 aliphatic carbocycles. The molecule has 1 heterocycles. The van der Waals surface area contributed by atoms with Gasteiger partial charge in [-0.25, -0.2) is 0 Å². The van der Waals surface area contributed by atoms with E-state index in [1.165, 1.54) is 4.90 Å². The molecule has 1 aromatic heterocycles. The lowest BCUT2D eigenvalue weighted by Gasteiger charge is -2.27. The molecule has 0 aliphatic heterocycles. The second-order valence-electron chi connectivity index (χ2n) is 6.34. The molecule has 2 unspecified atom stereocenters. The van der Waals surface area contributed by atoms with Crippen molar-refractivity contribution >= 4 is 17.6 Å². The first-order chi connectivity index (χ1) is 11.9. The zero-order valence-electron chi connectivity index (χ0n) is 15.2. The van der Waals surface area contributed by atoms with Crippen LogP contribution >= 0.6 is 0 Å². The lowest BCUT2D eigenvalue weighted by Crippen LogP contribution is -2.39. The molecule has 6 nitrogen and oxygen atoms in total. The number of carbonyl (C=O) groups is 2. The molecule has 2 atom stereocenters. The highest BCUT2D eigenvalue weighted by atomic mass is 16.5. The minimum absolute atomic E-state index is 0.0372. The summed E-state index contributed by atoms with van der Waals surface area (Å²) in [6, 6.07) is 11.3. The van der Waals surface area contributed by atoms with Gasteiger partial charge in [-0.1, -0.05) is 55.8 Å². The Balaban J connectivity index is 2.06. The highest BCUT2D eigenvalue weighted by Crippen LogP contribution is 2.28. The number of anilines is 1. The van der Waals surface area contributed by atoms with Crippen LogP contribution in [-0.2, 0) is 9.59 Å². The molecular formula is C19H25N3O3. The molecule has 6 heteroatoms. The molecule has 25 heavy (non-hydrogen) atoms. The van der Waals surface area contributed by atoms with Gasteiger partial charge in [0.2, 0.25) is 11.8 Å². The summed E-state index contributed by atoms with van der Waals surface area (Å²) in [7, 11) is 1.65. The maximum absolute atomic E-state index is 12.9. The zero-order valence-corrected chi connectivity index (χ0v) is 15.2. The number of benzene rings is 1. The molecule has 0 saturated heterocycles. The van der Waals surface area contributed by atoms with Gasteiger partial charge in [0.05, 0.1) is 12.5 Å². The number of rotatable bonds is 7. The Hall–Kier alpha value is -2.63. The van der Waals surface area contributed by atoms with E-state index in [0.717, 1.165) is 12.0 Å². The Morgan fingerprint density at radius 1 is 1.28 bits per heavy atom. The van der Waals surface area contributed by atoms with Crippen LogP contribution in [0.15, 0.2) is 40.9 Å². The van der Waals surface area contributed by atoms with E-state index in [9.17, 15) is 9.59 Å². The van der Waals surface area contributed by atoms with E-state index < -0.39 is 0 Å². The number of nitrogens with one attached hydrogen (secondary N) is 1. The van der Waals surface area contributed by atoms with E-state index in [1.54, 1.807) is 20.0 Å². The Morgan fingerprint density at radius 2 is 1.96 bits per heavy atom. The highest BCUT2D eigenvalue weighted by molar-refractivity contribution is 5.94. The van der Waals surface area contributed by atoms with Gasteiger partial charge in [-0.05, 0) is 18.4 Å². The Morgan fingerprint density at radius 3 is 2.52 bits per heavy atom. The van der Waals surface area contributed by atoms with Crippen molar-refractivity contribution in [3.63, 3.8) is 0 Å². The number of aryl methyl sites for hydroxylation is 1. The van der Waals surface area contributed by atoms with Crippen LogP contribution in [0.2, 0.25) is 0 Å². The van der Waals surface area contributed by atoms with E-state index in [0.29, 0.717) is 11.6 Å². The van der Waals surface area contributed by atoms with Crippen LogP contribution in [0.1, 0.15) is 37.5 Å². The van der Waals surface area contributed by atoms with Crippen LogP contribution in [0, 0.1) is 12.8 Å². The molecule has 2 rings (SSSR count). The lowest BCUT2D eigenvalue weighted by atomic mass is 9.84. The van der Waals surface area contributed by atoms with Crippen LogP contribution in [-0.4, -0.2) is 35.5 Å². The summed E-state index contributed by atoms with van der Waals surface area (Å²) >= 11 is 0. The van der Waals surface area contributed by atoms with Gasteiger partial charge in [0, 0.05) is 13.1 Å². The number of carbonyl (C=O) groups excluding carboxylic acids is 2. The Labute approximate surface area is 148 Å². The largest absolute Gasteiger partial charge is 0.360 e. The molecule has 2 aromatic rings. The minimum atomic E-state index is -0.305. The average molecular weight is 343 g/mol. The van der Waals surface area contributed by atoms with Crippen molar-refractivity contribution < 1.29 is 14.1 Å². The first-order valence-electron chi connectivity index (χ1n) is 8.45. The molecule has 0 fully saturated rings. The number of aromatic nitrogens is 1. The fourth-order valence-corrected chi connectivity index (χ4v) is 2.75. The van der Waals surface area contributed by atoms with E-state index in [2.05, 4.69) is 24.3 Å². The van der Waals surface area contributed by atoms with Gasteiger partial charge < -0.3 is 14.7 Å². The standard InChI is InChI=1S/C19H25N3O3/c1-5-13(2)18(15-9-7-6-8-10-15)19(24)22(4)12-17(23)20-16-11-14(3)25-21-16/h6-11,13,18H,5,12H2,1-4H3,(H,20,21,23). The van der Waals surface area contributed by atoms with E-state index >= 15 is 0 Å². The summed E-state index contributed by atoms with van der Waals surface area (Å²) in [5, 5.41) is 6.35. The molecule has 2 amide bonds. The summed E-state index contributed by atoms with van der Waals surface area (Å²) in [5.74, 6) is 0.509. The van der Waals surface area contributed by atoms with Gasteiger partial charge in [-0.2, -0.15) is 0 Å². The summed E-state index contributed by atoms with van der Waals surface area (Å²) in [4.78, 5) is 26.6. The summed E-state index contributed by atoms with van der Waals surface area (Å²) in [5.41, 5.74) is 0.973. The second kappa shape index (κ2) is 8.46. The molecule has 1 N–H and O–H groups in total.